The molecule has 0 unspecified atom stereocenters. The Labute approximate surface area is 71.5 Å². The van der Waals surface area contributed by atoms with E-state index in [1.165, 1.54) is 32.1 Å². The molecule has 0 saturated heterocycles. The van der Waals surface area contributed by atoms with E-state index in [0.29, 0.717) is 5.41 Å². The number of hydrogen-bond donors (Lipinski definition) is 0. The van der Waals surface area contributed by atoms with E-state index in [0.717, 1.165) is 10.7 Å². The molecule has 0 radical (unpaired) electrons. The second-order valence-electron chi connectivity index (χ2n) is 4.11. The largest absolute Gasteiger partial charge is 0.0881 e. The van der Waals surface area contributed by atoms with Gasteiger partial charge < -0.3 is 0 Å². The molecule has 10 heavy (non-hydrogen) atoms. The molecule has 3 atom stereocenters. The van der Waals surface area contributed by atoms with Gasteiger partial charge in [-0.1, -0.05) is 42.1 Å². The first kappa shape index (κ1) is 7.15. The third kappa shape index (κ3) is 0.861. The van der Waals surface area contributed by atoms with Gasteiger partial charge in [0.15, 0.2) is 0 Å². The van der Waals surface area contributed by atoms with Crippen LogP contribution < -0.4 is 0 Å². The van der Waals surface area contributed by atoms with Crippen molar-refractivity contribution in [1.29, 1.82) is 0 Å². The summed E-state index contributed by atoms with van der Waals surface area (Å²) >= 11 is 3.77. The maximum absolute atomic E-state index is 3.77. The van der Waals surface area contributed by atoms with Crippen LogP contribution in [0.5, 0.6) is 0 Å². The molecule has 0 bridgehead atoms. The van der Waals surface area contributed by atoms with Crippen LogP contribution in [0, 0.1) is 11.3 Å². The Kier molecular flexibility index (Phi) is 1.59. The van der Waals surface area contributed by atoms with Gasteiger partial charge in [-0.3, -0.25) is 0 Å². The van der Waals surface area contributed by atoms with Gasteiger partial charge in [-0.15, -0.1) is 0 Å². The third-order valence-corrected chi connectivity index (χ3v) is 5.14. The molecule has 0 spiro atoms. The van der Waals surface area contributed by atoms with Gasteiger partial charge in [-0.05, 0) is 24.2 Å². The van der Waals surface area contributed by atoms with Crippen LogP contribution in [-0.4, -0.2) is 4.83 Å². The van der Waals surface area contributed by atoms with Crippen LogP contribution in [-0.2, 0) is 0 Å². The molecule has 0 aromatic rings. The summed E-state index contributed by atoms with van der Waals surface area (Å²) in [6.07, 6.45) is 7.36. The van der Waals surface area contributed by atoms with Crippen molar-refractivity contribution in [2.75, 3.05) is 0 Å². The molecule has 0 heterocycles. The van der Waals surface area contributed by atoms with Crippen LogP contribution in [0.2, 0.25) is 0 Å². The van der Waals surface area contributed by atoms with Gasteiger partial charge in [0.2, 0.25) is 0 Å². The lowest BCUT2D eigenvalue weighted by molar-refractivity contribution is 0.470. The van der Waals surface area contributed by atoms with E-state index in [-0.39, 0.29) is 0 Å². The molecule has 2 saturated carbocycles. The Morgan fingerprint density at radius 3 is 2.90 bits per heavy atom. The number of fused-ring (bicyclic) bond motifs is 1. The van der Waals surface area contributed by atoms with Crippen molar-refractivity contribution in [2.24, 2.45) is 11.3 Å². The highest BCUT2D eigenvalue weighted by Gasteiger charge is 2.58. The summed E-state index contributed by atoms with van der Waals surface area (Å²) in [4.78, 5) is 0.861. The lowest BCUT2D eigenvalue weighted by Gasteiger charge is -2.05. The minimum Gasteiger partial charge on any atom is -0.0881 e. The highest BCUT2D eigenvalue weighted by molar-refractivity contribution is 9.09. The van der Waals surface area contributed by atoms with E-state index in [1.807, 2.05) is 0 Å². The van der Waals surface area contributed by atoms with E-state index >= 15 is 0 Å². The lowest BCUT2D eigenvalue weighted by atomic mass is 10.0. The van der Waals surface area contributed by atoms with Crippen molar-refractivity contribution in [3.05, 3.63) is 0 Å². The van der Waals surface area contributed by atoms with Crippen LogP contribution in [0.3, 0.4) is 0 Å². The van der Waals surface area contributed by atoms with Gasteiger partial charge in [0, 0.05) is 4.83 Å². The summed E-state index contributed by atoms with van der Waals surface area (Å²) in [5.41, 5.74) is 0.705. The zero-order valence-corrected chi connectivity index (χ0v) is 8.15. The van der Waals surface area contributed by atoms with E-state index in [9.17, 15) is 0 Å². The normalized spacial score (nSPS) is 53.4. The average molecular weight is 203 g/mol. The Morgan fingerprint density at radius 2 is 2.10 bits per heavy atom. The van der Waals surface area contributed by atoms with Crippen molar-refractivity contribution >= 4 is 15.9 Å². The molecular formula is C9H15Br. The fourth-order valence-electron chi connectivity index (χ4n) is 2.45. The van der Waals surface area contributed by atoms with E-state index in [2.05, 4.69) is 22.9 Å². The summed E-state index contributed by atoms with van der Waals surface area (Å²) < 4.78 is 0. The molecule has 0 aromatic heterocycles. The molecule has 2 aliphatic carbocycles. The van der Waals surface area contributed by atoms with E-state index in [4.69, 9.17) is 0 Å². The fraction of sp³-hybridized carbons (Fsp3) is 1.00. The molecule has 1 heteroatoms. The predicted molar refractivity (Wildman–Crippen MR) is 47.4 cm³/mol. The van der Waals surface area contributed by atoms with Crippen LogP contribution in [0.25, 0.3) is 0 Å². The van der Waals surface area contributed by atoms with E-state index < -0.39 is 0 Å². The Bertz CT molecular complexity index is 144. The molecule has 2 aliphatic rings. The molecule has 58 valence electrons. The SMILES string of the molecule is C[C@@]12CCCCC[C@@H]1[C@@H]2Br. The molecule has 0 aliphatic heterocycles. The van der Waals surface area contributed by atoms with Crippen molar-refractivity contribution in [1.82, 2.24) is 0 Å². The highest BCUT2D eigenvalue weighted by atomic mass is 79.9. The van der Waals surface area contributed by atoms with E-state index in [1.54, 1.807) is 0 Å². The van der Waals surface area contributed by atoms with Crippen molar-refractivity contribution in [2.45, 2.75) is 43.9 Å². The summed E-state index contributed by atoms with van der Waals surface area (Å²) in [6, 6.07) is 0. The first-order valence-electron chi connectivity index (χ1n) is 4.39. The van der Waals surface area contributed by atoms with Gasteiger partial charge in [-0.25, -0.2) is 0 Å². The number of halogens is 1. The maximum Gasteiger partial charge on any atom is 0.0236 e. The van der Waals surface area contributed by atoms with Crippen LogP contribution in [0.4, 0.5) is 0 Å². The molecule has 0 amide bonds. The summed E-state index contributed by atoms with van der Waals surface area (Å²) in [6.45, 7) is 2.45. The maximum atomic E-state index is 3.77. The molecule has 2 fully saturated rings. The minimum absolute atomic E-state index is 0.705. The molecule has 0 nitrogen and oxygen atoms in total. The van der Waals surface area contributed by atoms with Crippen molar-refractivity contribution in [3.8, 4) is 0 Å². The average Bonchev–Trinajstić information content (AvgIpc) is 2.48. The number of hydrogen-bond acceptors (Lipinski definition) is 0. The zero-order valence-electron chi connectivity index (χ0n) is 6.57. The quantitative estimate of drug-likeness (QED) is 0.529. The second-order valence-corrected chi connectivity index (χ2v) is 5.10. The number of rotatable bonds is 0. The van der Waals surface area contributed by atoms with Crippen LogP contribution >= 0.6 is 15.9 Å². The fourth-order valence-corrected chi connectivity index (χ4v) is 3.73. The van der Waals surface area contributed by atoms with Crippen LogP contribution in [0.1, 0.15) is 39.0 Å². The first-order valence-corrected chi connectivity index (χ1v) is 5.31. The van der Waals surface area contributed by atoms with Gasteiger partial charge >= 0.3 is 0 Å². The lowest BCUT2D eigenvalue weighted by Crippen LogP contribution is -1.96. The second kappa shape index (κ2) is 2.23. The standard InChI is InChI=1S/C9H15Br/c1-9-6-4-2-3-5-7(9)8(9)10/h7-8H,2-6H2,1H3/t7-,8+,9-/m1/s1. The summed E-state index contributed by atoms with van der Waals surface area (Å²) in [5, 5.41) is 0. The van der Waals surface area contributed by atoms with Crippen molar-refractivity contribution < 1.29 is 0 Å². The zero-order chi connectivity index (χ0) is 7.19. The van der Waals surface area contributed by atoms with Crippen LogP contribution in [0.15, 0.2) is 0 Å². The molecule has 0 aromatic carbocycles. The van der Waals surface area contributed by atoms with Gasteiger partial charge in [0.1, 0.15) is 0 Å². The summed E-state index contributed by atoms with van der Waals surface area (Å²) in [5.74, 6) is 1.02. The minimum atomic E-state index is 0.705. The van der Waals surface area contributed by atoms with Crippen molar-refractivity contribution in [3.63, 3.8) is 0 Å². The monoisotopic (exact) mass is 202 g/mol. The Morgan fingerprint density at radius 1 is 1.30 bits per heavy atom. The smallest absolute Gasteiger partial charge is 0.0236 e. The summed E-state index contributed by atoms with van der Waals surface area (Å²) in [7, 11) is 0. The van der Waals surface area contributed by atoms with Gasteiger partial charge in [0.25, 0.3) is 0 Å². The van der Waals surface area contributed by atoms with Gasteiger partial charge in [-0.2, -0.15) is 0 Å². The highest BCUT2D eigenvalue weighted by Crippen LogP contribution is 2.63. The first-order chi connectivity index (χ1) is 4.75. The topological polar surface area (TPSA) is 0 Å². The Hall–Kier alpha value is 0.480. The molecule has 0 N–H and O–H groups in total. The predicted octanol–water partition coefficient (Wildman–Crippen LogP) is 3.35. The number of alkyl halides is 1. The Balaban J connectivity index is 2.05. The molecule has 2 rings (SSSR count). The molecular weight excluding hydrogens is 188 g/mol. The van der Waals surface area contributed by atoms with Gasteiger partial charge in [0.05, 0.1) is 0 Å². The third-order valence-electron chi connectivity index (χ3n) is 3.45.